The summed E-state index contributed by atoms with van der Waals surface area (Å²) in [5, 5.41) is 8.17. The van der Waals surface area contributed by atoms with Gasteiger partial charge in [0.1, 0.15) is 18.2 Å². The van der Waals surface area contributed by atoms with Gasteiger partial charge < -0.3 is 10.5 Å². The third-order valence-corrected chi connectivity index (χ3v) is 3.19. The maximum absolute atomic E-state index is 7.14. The van der Waals surface area contributed by atoms with Crippen LogP contribution < -0.4 is 10.5 Å². The lowest BCUT2D eigenvalue weighted by Gasteiger charge is -2.10. The average molecular weight is 294 g/mol. The van der Waals surface area contributed by atoms with Crippen molar-refractivity contribution in [1.82, 2.24) is 4.98 Å². The van der Waals surface area contributed by atoms with Crippen molar-refractivity contribution in [3.8, 4) is 5.75 Å². The zero-order valence-corrected chi connectivity index (χ0v) is 10.9. The van der Waals surface area contributed by atoms with Gasteiger partial charge in [-0.05, 0) is 46.6 Å². The highest BCUT2D eigenvalue weighted by molar-refractivity contribution is 9.10. The van der Waals surface area contributed by atoms with Crippen LogP contribution in [-0.4, -0.2) is 17.4 Å². The molecule has 0 unspecified atom stereocenters. The summed E-state index contributed by atoms with van der Waals surface area (Å²) < 4.78 is 6.29. The number of benzene rings is 1. The topological polar surface area (TPSA) is 72.0 Å². The highest BCUT2D eigenvalue weighted by atomic mass is 79.9. The highest BCUT2D eigenvalue weighted by Crippen LogP contribution is 2.34. The van der Waals surface area contributed by atoms with Gasteiger partial charge >= 0.3 is 0 Å². The van der Waals surface area contributed by atoms with E-state index >= 15 is 0 Å². The normalized spacial score (nSPS) is 10.5. The quantitative estimate of drug-likeness (QED) is 0.675. The van der Waals surface area contributed by atoms with E-state index < -0.39 is 0 Å². The first-order valence-electron chi connectivity index (χ1n) is 5.09. The van der Waals surface area contributed by atoms with Gasteiger partial charge in [-0.3, -0.25) is 10.4 Å². The molecule has 2 aromatic rings. The second kappa shape index (κ2) is 4.71. The SMILES string of the molecule is Cc1ccnc2ccc(OCC(=N)N)c(Br)c12. The van der Waals surface area contributed by atoms with E-state index in [1.165, 1.54) is 0 Å². The van der Waals surface area contributed by atoms with E-state index in [2.05, 4.69) is 20.9 Å². The molecule has 0 amide bonds. The number of nitrogens with two attached hydrogens (primary N) is 1. The van der Waals surface area contributed by atoms with Gasteiger partial charge in [0.25, 0.3) is 0 Å². The van der Waals surface area contributed by atoms with Gasteiger partial charge in [-0.2, -0.15) is 0 Å². The number of fused-ring (bicyclic) bond motifs is 1. The van der Waals surface area contributed by atoms with Gasteiger partial charge in [-0.25, -0.2) is 0 Å². The molecular weight excluding hydrogens is 282 g/mol. The fourth-order valence-electron chi connectivity index (χ4n) is 1.61. The Morgan fingerprint density at radius 3 is 2.94 bits per heavy atom. The van der Waals surface area contributed by atoms with Gasteiger partial charge in [-0.1, -0.05) is 0 Å². The van der Waals surface area contributed by atoms with Crippen LogP contribution >= 0.6 is 15.9 Å². The Balaban J connectivity index is 2.49. The van der Waals surface area contributed by atoms with E-state index in [0.717, 1.165) is 20.9 Å². The van der Waals surface area contributed by atoms with Crippen LogP contribution in [0.5, 0.6) is 5.75 Å². The van der Waals surface area contributed by atoms with E-state index in [1.54, 1.807) is 6.20 Å². The molecule has 1 aromatic carbocycles. The van der Waals surface area contributed by atoms with Crippen molar-refractivity contribution in [3.05, 3.63) is 34.4 Å². The van der Waals surface area contributed by atoms with Crippen LogP contribution in [0.15, 0.2) is 28.9 Å². The first-order chi connectivity index (χ1) is 8.09. The zero-order valence-electron chi connectivity index (χ0n) is 9.33. The second-order valence-electron chi connectivity index (χ2n) is 3.71. The molecule has 1 aromatic heterocycles. The van der Waals surface area contributed by atoms with Crippen molar-refractivity contribution in [3.63, 3.8) is 0 Å². The molecule has 0 radical (unpaired) electrons. The maximum Gasteiger partial charge on any atom is 0.145 e. The summed E-state index contributed by atoms with van der Waals surface area (Å²) in [5.41, 5.74) is 7.29. The molecule has 1 heterocycles. The first-order valence-corrected chi connectivity index (χ1v) is 5.88. The van der Waals surface area contributed by atoms with Crippen molar-refractivity contribution in [1.29, 1.82) is 5.41 Å². The van der Waals surface area contributed by atoms with Crippen LogP contribution in [0.2, 0.25) is 0 Å². The number of hydrogen-bond donors (Lipinski definition) is 2. The summed E-state index contributed by atoms with van der Waals surface area (Å²) >= 11 is 3.51. The van der Waals surface area contributed by atoms with Crippen LogP contribution in [0.25, 0.3) is 10.9 Å². The van der Waals surface area contributed by atoms with E-state index in [-0.39, 0.29) is 12.4 Å². The molecular formula is C12H12BrN3O. The number of hydrogen-bond acceptors (Lipinski definition) is 3. The Kier molecular flexibility index (Phi) is 3.28. The summed E-state index contributed by atoms with van der Waals surface area (Å²) in [6, 6.07) is 5.66. The molecule has 3 N–H and O–H groups in total. The number of nitrogens with zero attached hydrogens (tertiary/aromatic N) is 1. The van der Waals surface area contributed by atoms with Gasteiger partial charge in [0.15, 0.2) is 0 Å². The molecule has 0 aliphatic carbocycles. The van der Waals surface area contributed by atoms with Crippen LogP contribution in [0.3, 0.4) is 0 Å². The number of aromatic nitrogens is 1. The summed E-state index contributed by atoms with van der Waals surface area (Å²) in [6.07, 6.45) is 1.78. The first kappa shape index (κ1) is 11.9. The lowest BCUT2D eigenvalue weighted by atomic mass is 10.1. The Hall–Kier alpha value is -1.62. The molecule has 0 spiro atoms. The Labute approximate surface area is 107 Å². The fraction of sp³-hybridized carbons (Fsp3) is 0.167. The minimum absolute atomic E-state index is 0.0000874. The summed E-state index contributed by atoms with van der Waals surface area (Å²) in [7, 11) is 0. The van der Waals surface area contributed by atoms with E-state index in [0.29, 0.717) is 5.75 Å². The molecule has 0 bridgehead atoms. The number of halogens is 1. The van der Waals surface area contributed by atoms with Crippen molar-refractivity contribution < 1.29 is 4.74 Å². The molecule has 5 heteroatoms. The molecule has 17 heavy (non-hydrogen) atoms. The number of ether oxygens (including phenoxy) is 1. The van der Waals surface area contributed by atoms with E-state index in [4.69, 9.17) is 15.9 Å². The number of nitrogens with one attached hydrogen (secondary N) is 1. The van der Waals surface area contributed by atoms with Gasteiger partial charge in [0, 0.05) is 11.6 Å². The third kappa shape index (κ3) is 2.39. The second-order valence-corrected chi connectivity index (χ2v) is 4.51. The minimum atomic E-state index is -0.0000874. The molecule has 88 valence electrons. The Bertz CT molecular complexity index is 583. The number of amidine groups is 1. The highest BCUT2D eigenvalue weighted by Gasteiger charge is 2.09. The van der Waals surface area contributed by atoms with E-state index in [9.17, 15) is 0 Å². The molecule has 2 rings (SSSR count). The number of aryl methyl sites for hydroxylation is 1. The maximum atomic E-state index is 7.14. The summed E-state index contributed by atoms with van der Waals surface area (Å²) in [5.74, 6) is 0.670. The van der Waals surface area contributed by atoms with Crippen LogP contribution in [0, 0.1) is 12.3 Å². The Morgan fingerprint density at radius 1 is 1.47 bits per heavy atom. The predicted molar refractivity (Wildman–Crippen MR) is 71.6 cm³/mol. The van der Waals surface area contributed by atoms with Gasteiger partial charge in [0.05, 0.1) is 9.99 Å². The number of pyridine rings is 1. The third-order valence-electron chi connectivity index (χ3n) is 2.40. The van der Waals surface area contributed by atoms with E-state index in [1.807, 2.05) is 25.1 Å². The van der Waals surface area contributed by atoms with Crippen molar-refractivity contribution >= 4 is 32.7 Å². The molecule has 0 atom stereocenters. The van der Waals surface area contributed by atoms with Crippen LogP contribution in [0.4, 0.5) is 0 Å². The molecule has 4 nitrogen and oxygen atoms in total. The molecule has 0 saturated heterocycles. The smallest absolute Gasteiger partial charge is 0.145 e. The minimum Gasteiger partial charge on any atom is -0.485 e. The van der Waals surface area contributed by atoms with Crippen LogP contribution in [0.1, 0.15) is 5.56 Å². The monoisotopic (exact) mass is 293 g/mol. The summed E-state index contributed by atoms with van der Waals surface area (Å²) in [6.45, 7) is 2.10. The van der Waals surface area contributed by atoms with Crippen LogP contribution in [-0.2, 0) is 0 Å². The fourth-order valence-corrected chi connectivity index (χ4v) is 2.37. The zero-order chi connectivity index (χ0) is 12.4. The summed E-state index contributed by atoms with van der Waals surface area (Å²) in [4.78, 5) is 4.29. The van der Waals surface area contributed by atoms with Crippen molar-refractivity contribution in [2.45, 2.75) is 6.92 Å². The van der Waals surface area contributed by atoms with Crippen molar-refractivity contribution in [2.75, 3.05) is 6.61 Å². The predicted octanol–water partition coefficient (Wildman–Crippen LogP) is 2.62. The molecule has 0 saturated carbocycles. The number of rotatable bonds is 3. The molecule has 0 aliphatic heterocycles. The molecule has 0 fully saturated rings. The lowest BCUT2D eigenvalue weighted by Crippen LogP contribution is -2.19. The Morgan fingerprint density at radius 2 is 2.24 bits per heavy atom. The lowest BCUT2D eigenvalue weighted by molar-refractivity contribution is 0.373. The van der Waals surface area contributed by atoms with Crippen molar-refractivity contribution in [2.24, 2.45) is 5.73 Å². The largest absolute Gasteiger partial charge is 0.485 e. The van der Waals surface area contributed by atoms with Gasteiger partial charge in [0.2, 0.25) is 0 Å². The standard InChI is InChI=1S/C12H12BrN3O/c1-7-4-5-16-8-2-3-9(12(13)11(7)8)17-6-10(14)15/h2-5H,6H2,1H3,(H3,14,15). The van der Waals surface area contributed by atoms with Gasteiger partial charge in [-0.15, -0.1) is 0 Å². The average Bonchev–Trinajstić information content (AvgIpc) is 2.28. The molecule has 0 aliphatic rings.